The minimum Gasteiger partial charge on any atom is -0.476 e. The lowest BCUT2D eigenvalue weighted by molar-refractivity contribution is -0.384. The molecule has 0 aliphatic heterocycles. The van der Waals surface area contributed by atoms with Gasteiger partial charge in [0, 0.05) is 22.2 Å². The molecule has 1 aromatic carbocycles. The molecule has 0 saturated carbocycles. The Kier molecular flexibility index (Phi) is 3.72. The minimum atomic E-state index is -1.60. The zero-order valence-corrected chi connectivity index (χ0v) is 11.5. The third-order valence-corrected chi connectivity index (χ3v) is 2.82. The second-order valence-corrected chi connectivity index (χ2v) is 4.68. The van der Waals surface area contributed by atoms with Gasteiger partial charge in [0.1, 0.15) is 0 Å². The number of hydrogen-bond acceptors (Lipinski definition) is 6. The molecule has 10 heteroatoms. The smallest absolute Gasteiger partial charge is 0.374 e. The molecule has 0 aliphatic carbocycles. The van der Waals surface area contributed by atoms with Gasteiger partial charge in [-0.15, -0.1) is 0 Å². The Labute approximate surface area is 124 Å². The van der Waals surface area contributed by atoms with E-state index in [1.165, 1.54) is 12.1 Å². The number of rotatable bonds is 4. The lowest BCUT2D eigenvalue weighted by atomic mass is 10.2. The molecule has 0 saturated heterocycles. The van der Waals surface area contributed by atoms with Crippen molar-refractivity contribution in [1.29, 1.82) is 0 Å². The summed E-state index contributed by atoms with van der Waals surface area (Å²) < 4.78 is 5.21. The second-order valence-electron chi connectivity index (χ2n) is 3.76. The molecule has 2 rings (SSSR count). The number of benzene rings is 1. The topological polar surface area (TPSA) is 144 Å². The number of halogens is 1. The molecule has 0 spiro atoms. The van der Waals surface area contributed by atoms with Crippen LogP contribution in [-0.4, -0.2) is 32.1 Å². The average molecular weight is 357 g/mol. The number of nitrogens with zero attached hydrogens (tertiary/aromatic N) is 2. The number of aromatic nitrogens is 1. The van der Waals surface area contributed by atoms with E-state index >= 15 is 0 Å². The van der Waals surface area contributed by atoms with E-state index in [1.54, 1.807) is 0 Å². The lowest BCUT2D eigenvalue weighted by Crippen LogP contribution is -2.05. The van der Waals surface area contributed by atoms with E-state index in [9.17, 15) is 19.7 Å². The fourth-order valence-corrected chi connectivity index (χ4v) is 2.02. The largest absolute Gasteiger partial charge is 0.476 e. The molecule has 2 N–H and O–H groups in total. The third-order valence-electron chi connectivity index (χ3n) is 2.36. The van der Waals surface area contributed by atoms with Crippen molar-refractivity contribution in [3.05, 3.63) is 44.2 Å². The maximum Gasteiger partial charge on any atom is 0.374 e. The van der Waals surface area contributed by atoms with Crippen LogP contribution in [0.15, 0.2) is 27.1 Å². The number of aromatic carboxylic acids is 2. The Hall–Kier alpha value is -2.75. The second kappa shape index (κ2) is 5.32. The van der Waals surface area contributed by atoms with E-state index < -0.39 is 28.3 Å². The Morgan fingerprint density at radius 2 is 1.90 bits per heavy atom. The molecular formula is C11H5BrN2O7. The molecule has 0 bridgehead atoms. The van der Waals surface area contributed by atoms with Crippen LogP contribution in [0.3, 0.4) is 0 Å². The molecule has 108 valence electrons. The fourth-order valence-electron chi connectivity index (χ4n) is 1.54. The van der Waals surface area contributed by atoms with Crippen molar-refractivity contribution >= 4 is 33.6 Å². The maximum absolute atomic E-state index is 10.9. The minimum absolute atomic E-state index is 0.0751. The monoisotopic (exact) mass is 356 g/mol. The Balaban J connectivity index is 2.62. The van der Waals surface area contributed by atoms with Crippen LogP contribution < -0.4 is 0 Å². The number of oxazole rings is 1. The van der Waals surface area contributed by atoms with E-state index in [1.807, 2.05) is 0 Å². The van der Waals surface area contributed by atoms with Crippen LogP contribution in [0.5, 0.6) is 0 Å². The summed E-state index contributed by atoms with van der Waals surface area (Å²) in [5.41, 5.74) is -0.988. The molecule has 0 radical (unpaired) electrons. The number of non-ortho nitro benzene ring substituents is 1. The number of carbonyl (C=O) groups is 2. The van der Waals surface area contributed by atoms with Crippen molar-refractivity contribution in [2.45, 2.75) is 0 Å². The van der Waals surface area contributed by atoms with Gasteiger partial charge in [-0.1, -0.05) is 15.9 Å². The molecule has 0 unspecified atom stereocenters. The molecule has 0 aliphatic rings. The van der Waals surface area contributed by atoms with Gasteiger partial charge in [0.15, 0.2) is 0 Å². The van der Waals surface area contributed by atoms with Crippen molar-refractivity contribution in [3.8, 4) is 11.5 Å². The van der Waals surface area contributed by atoms with Crippen LogP contribution in [0, 0.1) is 10.1 Å². The first-order valence-electron chi connectivity index (χ1n) is 5.22. The number of carboxylic acid groups (broad SMARTS) is 2. The Bertz CT molecular complexity index is 736. The highest BCUT2D eigenvalue weighted by molar-refractivity contribution is 9.10. The predicted octanol–water partition coefficient (Wildman–Crippen LogP) is 2.41. The number of hydrogen-bond donors (Lipinski definition) is 2. The number of carboxylic acids is 2. The highest BCUT2D eigenvalue weighted by atomic mass is 79.9. The predicted molar refractivity (Wildman–Crippen MR) is 70.2 cm³/mol. The summed E-state index contributed by atoms with van der Waals surface area (Å²) in [7, 11) is 0. The molecule has 21 heavy (non-hydrogen) atoms. The summed E-state index contributed by atoms with van der Waals surface area (Å²) in [6.07, 6.45) is 0. The summed E-state index contributed by atoms with van der Waals surface area (Å²) in [4.78, 5) is 35.5. The third kappa shape index (κ3) is 2.89. The van der Waals surface area contributed by atoms with Crippen LogP contribution in [0.25, 0.3) is 11.5 Å². The van der Waals surface area contributed by atoms with Crippen LogP contribution >= 0.6 is 15.9 Å². The van der Waals surface area contributed by atoms with Gasteiger partial charge < -0.3 is 14.6 Å². The number of nitro benzene ring substituents is 1. The SMILES string of the molecule is O=C(O)c1nc(-c2cc(Br)cc([N+](=O)[O-])c2)oc1C(=O)O. The molecule has 1 aromatic heterocycles. The van der Waals surface area contributed by atoms with Crippen molar-refractivity contribution in [2.24, 2.45) is 0 Å². The standard InChI is InChI=1S/C11H5BrN2O7/c12-5-1-4(2-6(3-5)14(19)20)9-13-7(10(15)16)8(21-9)11(17)18/h1-3H,(H,15,16)(H,17,18). The summed E-state index contributed by atoms with van der Waals surface area (Å²) in [6.45, 7) is 0. The van der Waals surface area contributed by atoms with Crippen molar-refractivity contribution in [3.63, 3.8) is 0 Å². The van der Waals surface area contributed by atoms with Gasteiger partial charge in [-0.3, -0.25) is 10.1 Å². The summed E-state index contributed by atoms with van der Waals surface area (Å²) in [6, 6.07) is 3.70. The molecule has 9 nitrogen and oxygen atoms in total. The molecule has 0 atom stereocenters. The van der Waals surface area contributed by atoms with Crippen LogP contribution in [0.1, 0.15) is 21.0 Å². The van der Waals surface area contributed by atoms with Gasteiger partial charge in [-0.05, 0) is 6.07 Å². The zero-order valence-electron chi connectivity index (χ0n) is 9.94. The van der Waals surface area contributed by atoms with Crippen molar-refractivity contribution in [2.75, 3.05) is 0 Å². The molecule has 0 fully saturated rings. The van der Waals surface area contributed by atoms with Crippen molar-refractivity contribution in [1.82, 2.24) is 4.98 Å². The van der Waals surface area contributed by atoms with E-state index in [4.69, 9.17) is 14.6 Å². The maximum atomic E-state index is 10.9. The Morgan fingerprint density at radius 3 is 2.38 bits per heavy atom. The summed E-state index contributed by atoms with van der Waals surface area (Å²) in [5.74, 6) is -4.36. The zero-order chi connectivity index (χ0) is 15.7. The first-order chi connectivity index (χ1) is 9.79. The highest BCUT2D eigenvalue weighted by Crippen LogP contribution is 2.29. The van der Waals surface area contributed by atoms with Crippen LogP contribution in [-0.2, 0) is 0 Å². The van der Waals surface area contributed by atoms with Gasteiger partial charge in [-0.2, -0.15) is 0 Å². The van der Waals surface area contributed by atoms with E-state index in [0.717, 1.165) is 6.07 Å². The van der Waals surface area contributed by atoms with E-state index in [-0.39, 0.29) is 17.1 Å². The van der Waals surface area contributed by atoms with E-state index in [0.29, 0.717) is 4.47 Å². The van der Waals surface area contributed by atoms with Crippen LogP contribution in [0.2, 0.25) is 0 Å². The van der Waals surface area contributed by atoms with E-state index in [2.05, 4.69) is 20.9 Å². The molecule has 2 aromatic rings. The van der Waals surface area contributed by atoms with Gasteiger partial charge in [0.05, 0.1) is 4.92 Å². The molecular weight excluding hydrogens is 352 g/mol. The molecule has 0 amide bonds. The average Bonchev–Trinajstić information content (AvgIpc) is 2.83. The van der Waals surface area contributed by atoms with Gasteiger partial charge in [0.25, 0.3) is 5.69 Å². The van der Waals surface area contributed by atoms with Crippen molar-refractivity contribution < 1.29 is 29.1 Å². The molecule has 1 heterocycles. The van der Waals surface area contributed by atoms with Gasteiger partial charge in [-0.25, -0.2) is 14.6 Å². The first kappa shape index (κ1) is 14.7. The quantitative estimate of drug-likeness (QED) is 0.627. The normalized spacial score (nSPS) is 10.3. The fraction of sp³-hybridized carbons (Fsp3) is 0. The summed E-state index contributed by atoms with van der Waals surface area (Å²) >= 11 is 3.06. The van der Waals surface area contributed by atoms with Crippen LogP contribution in [0.4, 0.5) is 5.69 Å². The first-order valence-corrected chi connectivity index (χ1v) is 6.01. The summed E-state index contributed by atoms with van der Waals surface area (Å²) in [5, 5.41) is 28.5. The number of nitro groups is 1. The van der Waals surface area contributed by atoms with Gasteiger partial charge in [0.2, 0.25) is 17.3 Å². The lowest BCUT2D eigenvalue weighted by Gasteiger charge is -1.98. The Morgan fingerprint density at radius 1 is 1.24 bits per heavy atom. The van der Waals surface area contributed by atoms with Gasteiger partial charge >= 0.3 is 11.9 Å². The highest BCUT2D eigenvalue weighted by Gasteiger charge is 2.26.